The van der Waals surface area contributed by atoms with Crippen LogP contribution in [0, 0.1) is 0 Å². The highest BCUT2D eigenvalue weighted by Gasteiger charge is 2.37. The van der Waals surface area contributed by atoms with E-state index in [9.17, 15) is 14.4 Å². The number of urea groups is 1. The van der Waals surface area contributed by atoms with Gasteiger partial charge < -0.3 is 9.64 Å². The van der Waals surface area contributed by atoms with Gasteiger partial charge in [-0.3, -0.25) is 9.78 Å². The molecule has 2 rings (SSSR count). The summed E-state index contributed by atoms with van der Waals surface area (Å²) in [5, 5.41) is 0.687. The van der Waals surface area contributed by atoms with E-state index in [-0.39, 0.29) is 6.54 Å². The third-order valence-electron chi connectivity index (χ3n) is 3.00. The smallest absolute Gasteiger partial charge is 0.427 e. The van der Waals surface area contributed by atoms with Crippen molar-refractivity contribution in [2.24, 2.45) is 0 Å². The quantitative estimate of drug-likeness (QED) is 0.845. The van der Waals surface area contributed by atoms with Crippen molar-refractivity contribution < 1.29 is 19.1 Å². The third kappa shape index (κ3) is 4.67. The fourth-order valence-corrected chi connectivity index (χ4v) is 2.02. The number of imide groups is 1. The summed E-state index contributed by atoms with van der Waals surface area (Å²) in [6.45, 7) is 5.34. The number of ether oxygens (including phenoxy) is 1. The lowest BCUT2D eigenvalue weighted by molar-refractivity contribution is -0.127. The summed E-state index contributed by atoms with van der Waals surface area (Å²) >= 11 is 0. The number of hydrogen-bond donors (Lipinski definition) is 1. The number of rotatable bonds is 4. The van der Waals surface area contributed by atoms with Crippen LogP contribution in [0.1, 0.15) is 26.5 Å². The summed E-state index contributed by atoms with van der Waals surface area (Å²) in [5.41, 5.74) is 2.29. The number of hydrogen-bond acceptors (Lipinski definition) is 5. The van der Waals surface area contributed by atoms with Gasteiger partial charge in [0.05, 0.1) is 0 Å². The second-order valence-electron chi connectivity index (χ2n) is 6.12. The molecule has 0 unspecified atom stereocenters. The monoisotopic (exact) mass is 320 g/mol. The molecule has 1 N–H and O–H groups in total. The molecule has 0 saturated carbocycles. The Morgan fingerprint density at radius 2 is 2.09 bits per heavy atom. The van der Waals surface area contributed by atoms with Crippen molar-refractivity contribution in [2.75, 3.05) is 13.1 Å². The summed E-state index contributed by atoms with van der Waals surface area (Å²) in [5.74, 6) is -0.498. The third-order valence-corrected chi connectivity index (χ3v) is 3.00. The highest BCUT2D eigenvalue weighted by Crippen LogP contribution is 2.11. The van der Waals surface area contributed by atoms with Crippen LogP contribution in [0.2, 0.25) is 0 Å². The largest absolute Gasteiger partial charge is 0.443 e. The predicted octanol–water partition coefficient (Wildman–Crippen LogP) is 1.33. The van der Waals surface area contributed by atoms with E-state index in [4.69, 9.17) is 4.74 Å². The molecule has 1 saturated heterocycles. The predicted molar refractivity (Wildman–Crippen MR) is 81.1 cm³/mol. The molecule has 2 heterocycles. The SMILES string of the molecule is CC(C)(C)OC(=O)NN1C(=O)CN(CCc2ccccn2)C1=O. The minimum Gasteiger partial charge on any atom is -0.443 e. The van der Waals surface area contributed by atoms with Gasteiger partial charge in [0.25, 0.3) is 5.91 Å². The Hall–Kier alpha value is -2.64. The second kappa shape index (κ2) is 6.64. The Balaban J connectivity index is 1.90. The highest BCUT2D eigenvalue weighted by molar-refractivity contribution is 6.02. The normalized spacial score (nSPS) is 15.1. The molecule has 8 nitrogen and oxygen atoms in total. The van der Waals surface area contributed by atoms with Crippen LogP contribution in [0.3, 0.4) is 0 Å². The van der Waals surface area contributed by atoms with Gasteiger partial charge in [0.1, 0.15) is 12.1 Å². The maximum Gasteiger partial charge on any atom is 0.427 e. The van der Waals surface area contributed by atoms with Gasteiger partial charge in [0.15, 0.2) is 0 Å². The van der Waals surface area contributed by atoms with E-state index in [0.29, 0.717) is 18.0 Å². The Kier molecular flexibility index (Phi) is 4.83. The molecule has 4 amide bonds. The van der Waals surface area contributed by atoms with Gasteiger partial charge in [-0.1, -0.05) is 6.07 Å². The van der Waals surface area contributed by atoms with E-state index < -0.39 is 23.6 Å². The number of carbonyl (C=O) groups is 3. The maximum atomic E-state index is 12.2. The van der Waals surface area contributed by atoms with Crippen molar-refractivity contribution in [2.45, 2.75) is 32.8 Å². The van der Waals surface area contributed by atoms with Crippen molar-refractivity contribution in [3.05, 3.63) is 30.1 Å². The van der Waals surface area contributed by atoms with Crippen LogP contribution < -0.4 is 5.43 Å². The average molecular weight is 320 g/mol. The van der Waals surface area contributed by atoms with E-state index in [1.54, 1.807) is 33.0 Å². The Bertz CT molecular complexity index is 597. The number of nitrogens with one attached hydrogen (secondary N) is 1. The Morgan fingerprint density at radius 1 is 1.35 bits per heavy atom. The number of amides is 4. The molecule has 0 aromatic carbocycles. The van der Waals surface area contributed by atoms with Gasteiger partial charge in [0, 0.05) is 24.9 Å². The van der Waals surface area contributed by atoms with Crippen molar-refractivity contribution in [1.82, 2.24) is 20.3 Å². The lowest BCUT2D eigenvalue weighted by Gasteiger charge is -2.22. The molecule has 1 aliphatic heterocycles. The van der Waals surface area contributed by atoms with Crippen LogP contribution in [0.4, 0.5) is 9.59 Å². The molecule has 0 bridgehead atoms. The minimum atomic E-state index is -0.842. The fourth-order valence-electron chi connectivity index (χ4n) is 2.02. The van der Waals surface area contributed by atoms with Crippen LogP contribution in [-0.4, -0.2) is 51.6 Å². The van der Waals surface area contributed by atoms with E-state index in [1.165, 1.54) is 4.90 Å². The number of nitrogens with zero attached hydrogens (tertiary/aromatic N) is 3. The maximum absolute atomic E-state index is 12.2. The molecule has 8 heteroatoms. The van der Waals surface area contributed by atoms with Gasteiger partial charge in [-0.05, 0) is 32.9 Å². The molecule has 0 radical (unpaired) electrons. The van der Waals surface area contributed by atoms with Gasteiger partial charge in [0.2, 0.25) is 0 Å². The molecule has 0 aliphatic carbocycles. The van der Waals surface area contributed by atoms with E-state index in [0.717, 1.165) is 5.69 Å². The average Bonchev–Trinajstić information content (AvgIpc) is 2.72. The Labute approximate surface area is 134 Å². The Morgan fingerprint density at radius 3 is 2.70 bits per heavy atom. The zero-order valence-electron chi connectivity index (χ0n) is 13.4. The van der Waals surface area contributed by atoms with Crippen LogP contribution in [0.5, 0.6) is 0 Å². The summed E-state index contributed by atoms with van der Waals surface area (Å²) < 4.78 is 5.04. The minimum absolute atomic E-state index is 0.0819. The summed E-state index contributed by atoms with van der Waals surface area (Å²) in [6, 6.07) is 4.94. The molecule has 124 valence electrons. The van der Waals surface area contributed by atoms with Crippen molar-refractivity contribution in [3.63, 3.8) is 0 Å². The van der Waals surface area contributed by atoms with E-state index in [1.807, 2.05) is 12.1 Å². The fraction of sp³-hybridized carbons (Fsp3) is 0.467. The number of pyridine rings is 1. The molecular weight excluding hydrogens is 300 g/mol. The molecular formula is C15H20N4O4. The molecule has 1 fully saturated rings. The summed E-state index contributed by atoms with van der Waals surface area (Å²) in [7, 11) is 0. The lowest BCUT2D eigenvalue weighted by Crippen LogP contribution is -2.48. The number of hydrazine groups is 1. The first-order valence-corrected chi connectivity index (χ1v) is 7.28. The first-order chi connectivity index (χ1) is 10.8. The first kappa shape index (κ1) is 16.7. The van der Waals surface area contributed by atoms with E-state index in [2.05, 4.69) is 10.4 Å². The van der Waals surface area contributed by atoms with Crippen LogP contribution in [-0.2, 0) is 16.0 Å². The molecule has 1 aromatic rings. The molecule has 1 aliphatic rings. The standard InChI is InChI=1S/C15H20N4O4/c1-15(2,3)23-13(21)17-19-12(20)10-18(14(19)22)9-7-11-6-4-5-8-16-11/h4-6,8H,7,9-10H2,1-3H3,(H,17,21). The zero-order valence-corrected chi connectivity index (χ0v) is 13.4. The van der Waals surface area contributed by atoms with Gasteiger partial charge >= 0.3 is 12.1 Å². The molecule has 0 spiro atoms. The topological polar surface area (TPSA) is 91.8 Å². The van der Waals surface area contributed by atoms with Gasteiger partial charge in [-0.25, -0.2) is 15.0 Å². The highest BCUT2D eigenvalue weighted by atomic mass is 16.6. The molecule has 1 aromatic heterocycles. The van der Waals surface area contributed by atoms with Crippen LogP contribution >= 0.6 is 0 Å². The van der Waals surface area contributed by atoms with Gasteiger partial charge in [-0.15, -0.1) is 0 Å². The zero-order chi connectivity index (χ0) is 17.0. The molecule has 23 heavy (non-hydrogen) atoms. The number of aromatic nitrogens is 1. The first-order valence-electron chi connectivity index (χ1n) is 7.28. The second-order valence-corrected chi connectivity index (χ2v) is 6.12. The van der Waals surface area contributed by atoms with Gasteiger partial charge in [-0.2, -0.15) is 5.01 Å². The van der Waals surface area contributed by atoms with Crippen molar-refractivity contribution in [1.29, 1.82) is 0 Å². The van der Waals surface area contributed by atoms with Crippen molar-refractivity contribution >= 4 is 18.0 Å². The number of carbonyl (C=O) groups excluding carboxylic acids is 3. The van der Waals surface area contributed by atoms with Crippen molar-refractivity contribution in [3.8, 4) is 0 Å². The van der Waals surface area contributed by atoms with Crippen LogP contribution in [0.25, 0.3) is 0 Å². The van der Waals surface area contributed by atoms with E-state index >= 15 is 0 Å². The lowest BCUT2D eigenvalue weighted by atomic mass is 10.2. The summed E-state index contributed by atoms with van der Waals surface area (Å²) in [6.07, 6.45) is 1.36. The summed E-state index contributed by atoms with van der Waals surface area (Å²) in [4.78, 5) is 41.3. The molecule has 0 atom stereocenters. The van der Waals surface area contributed by atoms with Crippen LogP contribution in [0.15, 0.2) is 24.4 Å².